The van der Waals surface area contributed by atoms with Crippen LogP contribution in [0.4, 0.5) is 11.4 Å². The largest absolute Gasteiger partial charge is 0.341 e. The molecule has 1 aliphatic carbocycles. The normalized spacial score (nSPS) is 14.6. The lowest BCUT2D eigenvalue weighted by Crippen LogP contribution is -2.38. The number of para-hydroxylation sites is 2. The summed E-state index contributed by atoms with van der Waals surface area (Å²) in [6, 6.07) is 29.9. The molecule has 2 nitrogen and oxygen atoms in total. The molecule has 0 atom stereocenters. The molecule has 3 aromatic rings. The van der Waals surface area contributed by atoms with E-state index in [1.54, 1.807) is 0 Å². The Hall–Kier alpha value is -3.78. The highest BCUT2D eigenvalue weighted by atomic mass is 15.3. The van der Waals surface area contributed by atoms with Gasteiger partial charge >= 0.3 is 0 Å². The van der Waals surface area contributed by atoms with Gasteiger partial charge in [-0.25, -0.2) is 0 Å². The molecule has 0 unspecified atom stereocenters. The van der Waals surface area contributed by atoms with E-state index in [-0.39, 0.29) is 0 Å². The fraction of sp³-hybridized carbons (Fsp3) is 0.188. The lowest BCUT2D eigenvalue weighted by molar-refractivity contribution is 0.762. The summed E-state index contributed by atoms with van der Waals surface area (Å²) >= 11 is 0. The van der Waals surface area contributed by atoms with Crippen LogP contribution in [-0.2, 0) is 0 Å². The average Bonchev–Trinajstić information content (AvgIpc) is 2.91. The van der Waals surface area contributed by atoms with Crippen molar-refractivity contribution in [1.82, 2.24) is 0 Å². The van der Waals surface area contributed by atoms with Crippen LogP contribution in [-0.4, -0.2) is 13.1 Å². The molecule has 5 rings (SSSR count). The SMILES string of the molecule is C=C(CCN1C2=C(CCC=C2)N(CCC(=C)c2ccccc2)c2ccccc21)c1ccccc1. The van der Waals surface area contributed by atoms with Crippen LogP contribution in [0, 0.1) is 0 Å². The number of hydrogen-bond donors (Lipinski definition) is 0. The van der Waals surface area contributed by atoms with Gasteiger partial charge < -0.3 is 9.80 Å². The molecule has 0 bridgehead atoms. The van der Waals surface area contributed by atoms with Gasteiger partial charge in [-0.2, -0.15) is 0 Å². The second-order valence-corrected chi connectivity index (χ2v) is 9.00. The van der Waals surface area contributed by atoms with Gasteiger partial charge in [0.1, 0.15) is 0 Å². The van der Waals surface area contributed by atoms with Crippen LogP contribution in [0.2, 0.25) is 0 Å². The van der Waals surface area contributed by atoms with Crippen molar-refractivity contribution in [2.24, 2.45) is 0 Å². The lowest BCUT2D eigenvalue weighted by Gasteiger charge is -2.43. The highest BCUT2D eigenvalue weighted by Crippen LogP contribution is 2.43. The molecule has 0 spiro atoms. The van der Waals surface area contributed by atoms with Crippen molar-refractivity contribution in [1.29, 1.82) is 0 Å². The maximum atomic E-state index is 4.39. The number of benzene rings is 3. The topological polar surface area (TPSA) is 6.48 Å². The highest BCUT2D eigenvalue weighted by Gasteiger charge is 2.30. The number of nitrogens with zero attached hydrogens (tertiary/aromatic N) is 2. The van der Waals surface area contributed by atoms with E-state index in [0.29, 0.717) is 0 Å². The number of anilines is 2. The van der Waals surface area contributed by atoms with Crippen molar-refractivity contribution in [3.8, 4) is 0 Å². The second kappa shape index (κ2) is 10.0. The molecule has 1 aliphatic heterocycles. The third-order valence-electron chi connectivity index (χ3n) is 6.84. The zero-order valence-electron chi connectivity index (χ0n) is 19.8. The molecular formula is C32H32N2. The molecule has 3 aromatic carbocycles. The maximum absolute atomic E-state index is 4.39. The zero-order chi connectivity index (χ0) is 23.3. The minimum atomic E-state index is 0.915. The molecule has 0 aromatic heterocycles. The smallest absolute Gasteiger partial charge is 0.0652 e. The molecule has 2 heteroatoms. The molecule has 0 saturated carbocycles. The fourth-order valence-corrected chi connectivity index (χ4v) is 4.98. The predicted octanol–water partition coefficient (Wildman–Crippen LogP) is 8.08. The molecule has 0 radical (unpaired) electrons. The molecule has 34 heavy (non-hydrogen) atoms. The van der Waals surface area contributed by atoms with Crippen LogP contribution in [0.5, 0.6) is 0 Å². The molecule has 2 aliphatic rings. The fourth-order valence-electron chi connectivity index (χ4n) is 4.98. The molecule has 0 amide bonds. The minimum Gasteiger partial charge on any atom is -0.341 e. The molecular weight excluding hydrogens is 412 g/mol. The van der Waals surface area contributed by atoms with Crippen LogP contribution in [0.3, 0.4) is 0 Å². The quantitative estimate of drug-likeness (QED) is 0.346. The average molecular weight is 445 g/mol. The van der Waals surface area contributed by atoms with Crippen LogP contribution >= 0.6 is 0 Å². The Bertz CT molecular complexity index is 1230. The van der Waals surface area contributed by atoms with Crippen LogP contribution in [0.25, 0.3) is 11.1 Å². The van der Waals surface area contributed by atoms with E-state index in [4.69, 9.17) is 0 Å². The first-order valence-corrected chi connectivity index (χ1v) is 12.2. The summed E-state index contributed by atoms with van der Waals surface area (Å²) in [7, 11) is 0. The molecule has 0 saturated heterocycles. The Balaban J connectivity index is 1.41. The monoisotopic (exact) mass is 444 g/mol. The molecule has 0 fully saturated rings. The van der Waals surface area contributed by atoms with E-state index in [0.717, 1.165) is 38.8 Å². The van der Waals surface area contributed by atoms with Crippen LogP contribution in [0.1, 0.15) is 36.8 Å². The second-order valence-electron chi connectivity index (χ2n) is 9.00. The maximum Gasteiger partial charge on any atom is 0.0652 e. The van der Waals surface area contributed by atoms with Gasteiger partial charge in [0.25, 0.3) is 0 Å². The van der Waals surface area contributed by atoms with Gasteiger partial charge in [0, 0.05) is 18.8 Å². The van der Waals surface area contributed by atoms with Gasteiger partial charge in [-0.3, -0.25) is 0 Å². The van der Waals surface area contributed by atoms with Crippen molar-refractivity contribution in [3.05, 3.63) is 133 Å². The third kappa shape index (κ3) is 4.49. The Morgan fingerprint density at radius 3 is 1.74 bits per heavy atom. The van der Waals surface area contributed by atoms with Crippen molar-refractivity contribution < 1.29 is 0 Å². The number of allylic oxidation sites excluding steroid dienone is 3. The van der Waals surface area contributed by atoms with Crippen LogP contribution < -0.4 is 9.80 Å². The van der Waals surface area contributed by atoms with E-state index < -0.39 is 0 Å². The first-order valence-electron chi connectivity index (χ1n) is 12.2. The highest BCUT2D eigenvalue weighted by molar-refractivity contribution is 5.81. The molecule has 170 valence electrons. The number of hydrogen-bond acceptors (Lipinski definition) is 2. The minimum absolute atomic E-state index is 0.915. The van der Waals surface area contributed by atoms with Crippen molar-refractivity contribution in [2.75, 3.05) is 22.9 Å². The van der Waals surface area contributed by atoms with Gasteiger partial charge in [0.05, 0.1) is 17.1 Å². The summed E-state index contributed by atoms with van der Waals surface area (Å²) in [6.07, 6.45) is 8.64. The summed E-state index contributed by atoms with van der Waals surface area (Å²) in [6.45, 7) is 10.6. The van der Waals surface area contributed by atoms with E-state index in [1.165, 1.54) is 45.0 Å². The summed E-state index contributed by atoms with van der Waals surface area (Å²) in [4.78, 5) is 5.03. The third-order valence-corrected chi connectivity index (χ3v) is 6.84. The van der Waals surface area contributed by atoms with Crippen molar-refractivity contribution in [2.45, 2.75) is 25.7 Å². The van der Waals surface area contributed by atoms with Crippen molar-refractivity contribution >= 4 is 22.5 Å². The summed E-state index contributed by atoms with van der Waals surface area (Å²) < 4.78 is 0. The standard InChI is InChI=1S/C32H32N2/c1-25(27-13-5-3-6-14-27)21-23-33-29-17-9-11-19-31(29)34(32-20-12-10-18-30(32)33)24-22-26(2)28-15-7-4-8-16-28/h3-11,13-19H,1-2,12,20-24H2. The van der Waals surface area contributed by atoms with Gasteiger partial charge in [-0.1, -0.05) is 92.0 Å². The van der Waals surface area contributed by atoms with E-state index >= 15 is 0 Å². The number of fused-ring (bicyclic) bond motifs is 1. The summed E-state index contributed by atoms with van der Waals surface area (Å²) in [5.41, 5.74) is 10.1. The van der Waals surface area contributed by atoms with Gasteiger partial charge in [-0.15, -0.1) is 0 Å². The van der Waals surface area contributed by atoms with E-state index in [2.05, 4.69) is 120 Å². The molecule has 0 N–H and O–H groups in total. The van der Waals surface area contributed by atoms with Gasteiger partial charge in [0.15, 0.2) is 0 Å². The Morgan fingerprint density at radius 2 is 1.15 bits per heavy atom. The van der Waals surface area contributed by atoms with Gasteiger partial charge in [0.2, 0.25) is 0 Å². The summed E-state index contributed by atoms with van der Waals surface area (Å²) in [5, 5.41) is 0. The first-order chi connectivity index (χ1) is 16.7. The molecule has 1 heterocycles. The van der Waals surface area contributed by atoms with Gasteiger partial charge in [-0.05, 0) is 66.2 Å². The Labute approximate surface area is 203 Å². The Kier molecular flexibility index (Phi) is 6.49. The Morgan fingerprint density at radius 1 is 0.647 bits per heavy atom. The summed E-state index contributed by atoms with van der Waals surface area (Å²) in [5.74, 6) is 0. The first kappa shape index (κ1) is 22.0. The zero-order valence-corrected chi connectivity index (χ0v) is 19.8. The predicted molar refractivity (Wildman–Crippen MR) is 147 cm³/mol. The number of rotatable bonds is 8. The van der Waals surface area contributed by atoms with E-state index in [9.17, 15) is 0 Å². The van der Waals surface area contributed by atoms with E-state index in [1.807, 2.05) is 0 Å². The van der Waals surface area contributed by atoms with Crippen molar-refractivity contribution in [3.63, 3.8) is 0 Å². The van der Waals surface area contributed by atoms with Crippen LogP contribution in [0.15, 0.2) is 122 Å². The lowest BCUT2D eigenvalue weighted by atomic mass is 9.97.